The summed E-state index contributed by atoms with van der Waals surface area (Å²) >= 11 is 0. The summed E-state index contributed by atoms with van der Waals surface area (Å²) < 4.78 is 0. The predicted molar refractivity (Wildman–Crippen MR) is 56.4 cm³/mol. The number of carboxylic acids is 1. The highest BCUT2D eigenvalue weighted by Gasteiger charge is 2.27. The Bertz CT molecular complexity index is 188. The number of aliphatic carboxylic acids is 1. The Labute approximate surface area is 86.1 Å². The number of nitrogens with zero attached hydrogens (tertiary/aromatic N) is 1. The van der Waals surface area contributed by atoms with Gasteiger partial charge in [-0.25, -0.2) is 0 Å². The molecule has 0 radical (unpaired) electrons. The third kappa shape index (κ3) is 2.71. The summed E-state index contributed by atoms with van der Waals surface area (Å²) in [7, 11) is 1.96. The van der Waals surface area contributed by atoms with Crippen LogP contribution in [0, 0.1) is 0 Å². The molecule has 1 atom stereocenters. The minimum Gasteiger partial charge on any atom is -0.480 e. The number of rotatable bonds is 4. The topological polar surface area (TPSA) is 40.5 Å². The molecule has 1 aliphatic rings. The Morgan fingerprint density at radius 2 is 2.00 bits per heavy atom. The molecular formula is C11H21NO2. The fourth-order valence-corrected chi connectivity index (χ4v) is 2.38. The summed E-state index contributed by atoms with van der Waals surface area (Å²) in [5.41, 5.74) is 0. The highest BCUT2D eigenvalue weighted by atomic mass is 16.4. The fraction of sp³-hybridized carbons (Fsp3) is 0.909. The van der Waals surface area contributed by atoms with Crippen molar-refractivity contribution in [3.8, 4) is 0 Å². The number of carboxylic acid groups (broad SMARTS) is 1. The summed E-state index contributed by atoms with van der Waals surface area (Å²) in [4.78, 5) is 13.0. The van der Waals surface area contributed by atoms with Crippen molar-refractivity contribution in [2.75, 3.05) is 7.05 Å². The molecule has 14 heavy (non-hydrogen) atoms. The molecular weight excluding hydrogens is 178 g/mol. The smallest absolute Gasteiger partial charge is 0.320 e. The van der Waals surface area contributed by atoms with Crippen LogP contribution in [-0.2, 0) is 4.79 Å². The quantitative estimate of drug-likeness (QED) is 0.754. The molecule has 1 rings (SSSR count). The van der Waals surface area contributed by atoms with Crippen LogP contribution in [0.2, 0.25) is 0 Å². The maximum atomic E-state index is 11.0. The van der Waals surface area contributed by atoms with Crippen LogP contribution in [0.1, 0.15) is 45.4 Å². The van der Waals surface area contributed by atoms with Crippen molar-refractivity contribution in [1.82, 2.24) is 4.90 Å². The van der Waals surface area contributed by atoms with Crippen molar-refractivity contribution < 1.29 is 9.90 Å². The van der Waals surface area contributed by atoms with Gasteiger partial charge in [0, 0.05) is 6.04 Å². The fourth-order valence-electron chi connectivity index (χ4n) is 2.38. The molecule has 0 aromatic heterocycles. The SMILES string of the molecule is CCC(C(=O)O)N(C)C1CCCCC1. The van der Waals surface area contributed by atoms with E-state index in [4.69, 9.17) is 5.11 Å². The van der Waals surface area contributed by atoms with E-state index in [0.29, 0.717) is 12.5 Å². The van der Waals surface area contributed by atoms with Gasteiger partial charge < -0.3 is 5.11 Å². The van der Waals surface area contributed by atoms with Gasteiger partial charge in [0.2, 0.25) is 0 Å². The van der Waals surface area contributed by atoms with E-state index in [2.05, 4.69) is 4.90 Å². The first-order valence-corrected chi connectivity index (χ1v) is 5.61. The zero-order valence-corrected chi connectivity index (χ0v) is 9.20. The molecule has 0 spiro atoms. The van der Waals surface area contributed by atoms with Crippen molar-refractivity contribution in [3.63, 3.8) is 0 Å². The van der Waals surface area contributed by atoms with Gasteiger partial charge >= 0.3 is 5.97 Å². The van der Waals surface area contributed by atoms with Crippen LogP contribution in [0.4, 0.5) is 0 Å². The Morgan fingerprint density at radius 1 is 1.43 bits per heavy atom. The molecule has 0 aromatic rings. The van der Waals surface area contributed by atoms with Crippen molar-refractivity contribution >= 4 is 5.97 Å². The van der Waals surface area contributed by atoms with Gasteiger partial charge in [0.25, 0.3) is 0 Å². The molecule has 0 aliphatic heterocycles. The molecule has 82 valence electrons. The van der Waals surface area contributed by atoms with Crippen LogP contribution >= 0.6 is 0 Å². The average molecular weight is 199 g/mol. The van der Waals surface area contributed by atoms with E-state index >= 15 is 0 Å². The van der Waals surface area contributed by atoms with E-state index in [1.807, 2.05) is 14.0 Å². The van der Waals surface area contributed by atoms with Crippen LogP contribution in [0.5, 0.6) is 0 Å². The van der Waals surface area contributed by atoms with Crippen molar-refractivity contribution in [3.05, 3.63) is 0 Å². The third-order valence-electron chi connectivity index (χ3n) is 3.31. The Kier molecular flexibility index (Phi) is 4.39. The van der Waals surface area contributed by atoms with Crippen LogP contribution in [0.3, 0.4) is 0 Å². The second kappa shape index (κ2) is 5.35. The zero-order chi connectivity index (χ0) is 10.6. The molecule has 0 bridgehead atoms. The van der Waals surface area contributed by atoms with Gasteiger partial charge in [-0.1, -0.05) is 26.2 Å². The number of hydrogen-bond acceptors (Lipinski definition) is 2. The lowest BCUT2D eigenvalue weighted by Gasteiger charge is -2.34. The van der Waals surface area contributed by atoms with Crippen molar-refractivity contribution in [1.29, 1.82) is 0 Å². The van der Waals surface area contributed by atoms with E-state index in [-0.39, 0.29) is 6.04 Å². The molecule has 0 saturated heterocycles. The summed E-state index contributed by atoms with van der Waals surface area (Å²) in [5, 5.41) is 9.03. The number of hydrogen-bond donors (Lipinski definition) is 1. The highest BCUT2D eigenvalue weighted by molar-refractivity contribution is 5.73. The molecule has 3 heteroatoms. The van der Waals surface area contributed by atoms with Crippen LogP contribution in [0.25, 0.3) is 0 Å². The van der Waals surface area contributed by atoms with E-state index in [9.17, 15) is 4.79 Å². The largest absolute Gasteiger partial charge is 0.480 e. The molecule has 1 N–H and O–H groups in total. The Morgan fingerprint density at radius 3 is 2.43 bits per heavy atom. The van der Waals surface area contributed by atoms with E-state index < -0.39 is 5.97 Å². The van der Waals surface area contributed by atoms with Gasteiger partial charge in [-0.2, -0.15) is 0 Å². The van der Waals surface area contributed by atoms with Crippen molar-refractivity contribution in [2.24, 2.45) is 0 Å². The van der Waals surface area contributed by atoms with Gasteiger partial charge in [-0.15, -0.1) is 0 Å². The van der Waals surface area contributed by atoms with Gasteiger partial charge in [0.1, 0.15) is 6.04 Å². The lowest BCUT2D eigenvalue weighted by Crippen LogP contribution is -2.45. The van der Waals surface area contributed by atoms with E-state index in [1.54, 1.807) is 0 Å². The van der Waals surface area contributed by atoms with Gasteiger partial charge in [0.05, 0.1) is 0 Å². The first-order valence-electron chi connectivity index (χ1n) is 5.61. The monoisotopic (exact) mass is 199 g/mol. The van der Waals surface area contributed by atoms with Crippen LogP contribution in [-0.4, -0.2) is 35.1 Å². The number of carbonyl (C=O) groups is 1. The third-order valence-corrected chi connectivity index (χ3v) is 3.31. The normalized spacial score (nSPS) is 21.1. The van der Waals surface area contributed by atoms with Gasteiger partial charge in [0.15, 0.2) is 0 Å². The summed E-state index contributed by atoms with van der Waals surface area (Å²) in [6, 6.07) is 0.197. The predicted octanol–water partition coefficient (Wildman–Crippen LogP) is 2.11. The number of likely N-dealkylation sites (N-methyl/N-ethyl adjacent to an activating group) is 1. The van der Waals surface area contributed by atoms with Crippen molar-refractivity contribution in [2.45, 2.75) is 57.5 Å². The van der Waals surface area contributed by atoms with Crippen LogP contribution in [0.15, 0.2) is 0 Å². The molecule has 1 unspecified atom stereocenters. The molecule has 0 heterocycles. The van der Waals surface area contributed by atoms with Crippen LogP contribution < -0.4 is 0 Å². The Hall–Kier alpha value is -0.570. The standard InChI is InChI=1S/C11H21NO2/c1-3-10(11(13)14)12(2)9-7-5-4-6-8-9/h9-10H,3-8H2,1-2H3,(H,13,14). The maximum absolute atomic E-state index is 11.0. The highest BCUT2D eigenvalue weighted by Crippen LogP contribution is 2.23. The molecule has 0 amide bonds. The lowest BCUT2D eigenvalue weighted by atomic mass is 9.93. The Balaban J connectivity index is 2.51. The summed E-state index contributed by atoms with van der Waals surface area (Å²) in [6.07, 6.45) is 6.85. The first kappa shape index (κ1) is 11.5. The van der Waals surface area contributed by atoms with Gasteiger partial charge in [-0.3, -0.25) is 9.69 Å². The minimum absolute atomic E-state index is 0.293. The lowest BCUT2D eigenvalue weighted by molar-refractivity contribution is -0.144. The first-order chi connectivity index (χ1) is 6.66. The summed E-state index contributed by atoms with van der Waals surface area (Å²) in [6.45, 7) is 1.94. The molecule has 1 fully saturated rings. The molecule has 1 saturated carbocycles. The zero-order valence-electron chi connectivity index (χ0n) is 9.20. The maximum Gasteiger partial charge on any atom is 0.320 e. The summed E-state index contributed by atoms with van der Waals surface area (Å²) in [5.74, 6) is -0.680. The second-order valence-electron chi connectivity index (χ2n) is 4.22. The van der Waals surface area contributed by atoms with E-state index in [1.165, 1.54) is 32.1 Å². The molecule has 0 aromatic carbocycles. The minimum atomic E-state index is -0.680. The van der Waals surface area contributed by atoms with E-state index in [0.717, 1.165) is 0 Å². The second-order valence-corrected chi connectivity index (χ2v) is 4.22. The molecule has 1 aliphatic carbocycles. The van der Waals surface area contributed by atoms with Gasteiger partial charge in [-0.05, 0) is 26.3 Å². The molecule has 3 nitrogen and oxygen atoms in total. The average Bonchev–Trinajstić information content (AvgIpc) is 2.19.